The number of benzene rings is 1. The monoisotopic (exact) mass is 304 g/mol. The molecule has 1 saturated heterocycles. The fourth-order valence-electron chi connectivity index (χ4n) is 3.90. The molecule has 1 atom stereocenters. The number of aliphatic carboxylic acids is 1. The number of hydrogen-bond acceptors (Lipinski definition) is 3. The van der Waals surface area contributed by atoms with Crippen LogP contribution in [0.1, 0.15) is 55.6 Å². The van der Waals surface area contributed by atoms with E-state index >= 15 is 0 Å². The van der Waals surface area contributed by atoms with Crippen molar-refractivity contribution in [2.75, 3.05) is 20.3 Å². The van der Waals surface area contributed by atoms with Crippen LogP contribution in [0, 0.1) is 0 Å². The number of ether oxygens (including phenoxy) is 2. The first-order valence-electron chi connectivity index (χ1n) is 8.17. The standard InChI is InChI=1S/C18H24O4/c1-21-16-6-5-13(14-7-10-22-12-14)11-15(16)18(17(19)20)8-3-2-4-9-18/h5-6,11,14H,2-4,7-10,12H2,1H3,(H,19,20). The maximum Gasteiger partial charge on any atom is 0.314 e. The molecule has 1 N–H and O–H groups in total. The van der Waals surface area contributed by atoms with E-state index in [-0.39, 0.29) is 0 Å². The lowest BCUT2D eigenvalue weighted by Crippen LogP contribution is -2.38. The van der Waals surface area contributed by atoms with Gasteiger partial charge >= 0.3 is 5.97 Å². The summed E-state index contributed by atoms with van der Waals surface area (Å²) >= 11 is 0. The third-order valence-corrected chi connectivity index (χ3v) is 5.26. The van der Waals surface area contributed by atoms with Crippen molar-refractivity contribution in [1.29, 1.82) is 0 Å². The minimum atomic E-state index is -0.793. The number of carboxylic acid groups (broad SMARTS) is 1. The average molecular weight is 304 g/mol. The molecule has 2 fully saturated rings. The number of methoxy groups -OCH3 is 1. The van der Waals surface area contributed by atoms with Crippen LogP contribution in [0.5, 0.6) is 5.75 Å². The van der Waals surface area contributed by atoms with Crippen LogP contribution in [0.4, 0.5) is 0 Å². The van der Waals surface area contributed by atoms with Gasteiger partial charge in [0.25, 0.3) is 0 Å². The van der Waals surface area contributed by atoms with Crippen LogP contribution in [0.3, 0.4) is 0 Å². The first kappa shape index (κ1) is 15.3. The second-order valence-corrected chi connectivity index (χ2v) is 6.47. The Morgan fingerprint density at radius 1 is 1.32 bits per heavy atom. The average Bonchev–Trinajstić information content (AvgIpc) is 3.09. The van der Waals surface area contributed by atoms with Gasteiger partial charge in [-0.25, -0.2) is 0 Å². The fraction of sp³-hybridized carbons (Fsp3) is 0.611. The molecular formula is C18H24O4. The van der Waals surface area contributed by atoms with Gasteiger partial charge in [0.15, 0.2) is 0 Å². The summed E-state index contributed by atoms with van der Waals surface area (Å²) in [6, 6.07) is 6.06. The van der Waals surface area contributed by atoms with E-state index in [0.29, 0.717) is 24.5 Å². The van der Waals surface area contributed by atoms with Crippen LogP contribution < -0.4 is 4.74 Å². The molecule has 0 amide bonds. The second-order valence-electron chi connectivity index (χ2n) is 6.47. The largest absolute Gasteiger partial charge is 0.496 e. The van der Waals surface area contributed by atoms with E-state index in [4.69, 9.17) is 9.47 Å². The molecule has 1 aromatic carbocycles. The molecule has 1 aromatic rings. The Labute approximate surface area is 131 Å². The van der Waals surface area contributed by atoms with E-state index < -0.39 is 11.4 Å². The predicted octanol–water partition coefficient (Wildman–Crippen LogP) is 3.49. The van der Waals surface area contributed by atoms with Crippen molar-refractivity contribution in [3.8, 4) is 5.75 Å². The highest BCUT2D eigenvalue weighted by Crippen LogP contribution is 2.45. The zero-order chi connectivity index (χ0) is 15.6. The highest BCUT2D eigenvalue weighted by atomic mass is 16.5. The third-order valence-electron chi connectivity index (χ3n) is 5.26. The molecule has 1 aliphatic heterocycles. The van der Waals surface area contributed by atoms with Crippen LogP contribution in [-0.2, 0) is 14.9 Å². The summed E-state index contributed by atoms with van der Waals surface area (Å²) in [6.45, 7) is 1.52. The predicted molar refractivity (Wildman–Crippen MR) is 83.6 cm³/mol. The first-order chi connectivity index (χ1) is 10.7. The Morgan fingerprint density at radius 3 is 2.68 bits per heavy atom. The summed E-state index contributed by atoms with van der Waals surface area (Å²) < 4.78 is 11.0. The van der Waals surface area contributed by atoms with Crippen molar-refractivity contribution in [2.45, 2.75) is 49.9 Å². The van der Waals surface area contributed by atoms with E-state index in [2.05, 4.69) is 12.1 Å². The van der Waals surface area contributed by atoms with Gasteiger partial charge in [-0.05, 0) is 30.9 Å². The zero-order valence-corrected chi connectivity index (χ0v) is 13.1. The van der Waals surface area contributed by atoms with Gasteiger partial charge in [-0.3, -0.25) is 4.79 Å². The molecule has 3 rings (SSSR count). The summed E-state index contributed by atoms with van der Waals surface area (Å²) in [7, 11) is 1.62. The van der Waals surface area contributed by atoms with Crippen molar-refractivity contribution in [2.24, 2.45) is 0 Å². The van der Waals surface area contributed by atoms with Crippen LogP contribution in [0.15, 0.2) is 18.2 Å². The maximum atomic E-state index is 12.1. The zero-order valence-electron chi connectivity index (χ0n) is 13.1. The molecule has 1 aliphatic carbocycles. The molecule has 0 aromatic heterocycles. The van der Waals surface area contributed by atoms with Gasteiger partial charge in [0.1, 0.15) is 5.75 Å². The van der Waals surface area contributed by atoms with Crippen molar-refractivity contribution in [1.82, 2.24) is 0 Å². The van der Waals surface area contributed by atoms with Gasteiger partial charge in [0.05, 0.1) is 19.1 Å². The molecule has 1 unspecified atom stereocenters. The molecule has 1 saturated carbocycles. The molecule has 4 nitrogen and oxygen atoms in total. The van der Waals surface area contributed by atoms with Gasteiger partial charge in [0, 0.05) is 18.1 Å². The van der Waals surface area contributed by atoms with E-state index in [9.17, 15) is 9.90 Å². The lowest BCUT2D eigenvalue weighted by Gasteiger charge is -2.35. The molecule has 4 heteroatoms. The summed E-state index contributed by atoms with van der Waals surface area (Å²) in [5.74, 6) is 0.358. The Kier molecular flexibility index (Phi) is 4.39. The maximum absolute atomic E-state index is 12.1. The van der Waals surface area contributed by atoms with E-state index in [0.717, 1.165) is 44.5 Å². The first-order valence-corrected chi connectivity index (χ1v) is 8.17. The number of carboxylic acids is 1. The number of rotatable bonds is 4. The lowest BCUT2D eigenvalue weighted by atomic mass is 9.68. The van der Waals surface area contributed by atoms with Crippen molar-refractivity contribution in [3.63, 3.8) is 0 Å². The third kappa shape index (κ3) is 2.60. The molecule has 22 heavy (non-hydrogen) atoms. The Morgan fingerprint density at radius 2 is 2.09 bits per heavy atom. The molecule has 1 heterocycles. The normalized spacial score (nSPS) is 24.1. The van der Waals surface area contributed by atoms with Gasteiger partial charge < -0.3 is 14.6 Å². The summed E-state index contributed by atoms with van der Waals surface area (Å²) in [5, 5.41) is 9.94. The molecular weight excluding hydrogens is 280 g/mol. The van der Waals surface area contributed by atoms with E-state index in [1.165, 1.54) is 5.56 Å². The van der Waals surface area contributed by atoms with E-state index in [1.54, 1.807) is 7.11 Å². The summed E-state index contributed by atoms with van der Waals surface area (Å²) in [5.41, 5.74) is 1.24. The summed E-state index contributed by atoms with van der Waals surface area (Å²) in [6.07, 6.45) is 5.45. The van der Waals surface area contributed by atoms with Gasteiger partial charge in [0.2, 0.25) is 0 Å². The highest BCUT2D eigenvalue weighted by Gasteiger charge is 2.43. The van der Waals surface area contributed by atoms with Gasteiger partial charge in [-0.2, -0.15) is 0 Å². The number of carbonyl (C=O) groups is 1. The molecule has 0 bridgehead atoms. The quantitative estimate of drug-likeness (QED) is 0.925. The van der Waals surface area contributed by atoms with Crippen molar-refractivity contribution in [3.05, 3.63) is 29.3 Å². The van der Waals surface area contributed by atoms with Crippen molar-refractivity contribution >= 4 is 5.97 Å². The van der Waals surface area contributed by atoms with Crippen LogP contribution >= 0.6 is 0 Å². The molecule has 0 radical (unpaired) electrons. The van der Waals surface area contributed by atoms with Crippen LogP contribution in [-0.4, -0.2) is 31.4 Å². The molecule has 0 spiro atoms. The minimum Gasteiger partial charge on any atom is -0.496 e. The van der Waals surface area contributed by atoms with Crippen molar-refractivity contribution < 1.29 is 19.4 Å². The van der Waals surface area contributed by atoms with Crippen LogP contribution in [0.2, 0.25) is 0 Å². The Hall–Kier alpha value is -1.55. The molecule has 120 valence electrons. The Bertz CT molecular complexity index is 540. The lowest BCUT2D eigenvalue weighted by molar-refractivity contribution is -0.145. The number of hydrogen-bond donors (Lipinski definition) is 1. The fourth-order valence-corrected chi connectivity index (χ4v) is 3.90. The second kappa shape index (κ2) is 6.29. The smallest absolute Gasteiger partial charge is 0.314 e. The van der Waals surface area contributed by atoms with E-state index in [1.807, 2.05) is 6.07 Å². The molecule has 2 aliphatic rings. The van der Waals surface area contributed by atoms with Gasteiger partial charge in [-0.1, -0.05) is 31.4 Å². The summed E-state index contributed by atoms with van der Waals surface area (Å²) in [4.78, 5) is 12.1. The highest BCUT2D eigenvalue weighted by molar-refractivity contribution is 5.82. The topological polar surface area (TPSA) is 55.8 Å². The minimum absolute atomic E-state index is 0.374. The van der Waals surface area contributed by atoms with Gasteiger partial charge in [-0.15, -0.1) is 0 Å². The van der Waals surface area contributed by atoms with Crippen LogP contribution in [0.25, 0.3) is 0 Å². The SMILES string of the molecule is COc1ccc(C2CCOC2)cc1C1(C(=O)O)CCCCC1. The Balaban J connectivity index is 2.05.